The fraction of sp³-hybridized carbons (Fsp3) is 0.0769. The molecule has 0 radical (unpaired) electrons. The highest BCUT2D eigenvalue weighted by molar-refractivity contribution is 7.97. The summed E-state index contributed by atoms with van der Waals surface area (Å²) in [6, 6.07) is 13.1. The van der Waals surface area contributed by atoms with Gasteiger partial charge in [0.25, 0.3) is 0 Å². The lowest BCUT2D eigenvalue weighted by atomic mass is 10.1. The maximum Gasteiger partial charge on any atom is 0.573 e. The maximum absolute atomic E-state index is 12.0. The second-order valence-corrected chi connectivity index (χ2v) is 4.42. The Morgan fingerprint density at radius 3 is 1.74 bits per heavy atom. The molecule has 0 fully saturated rings. The zero-order valence-electron chi connectivity index (χ0n) is 9.65. The van der Waals surface area contributed by atoms with Crippen LogP contribution in [0.1, 0.15) is 0 Å². The smallest absolute Gasteiger partial charge is 0.406 e. The molecule has 0 saturated carbocycles. The van der Waals surface area contributed by atoms with Gasteiger partial charge in [-0.05, 0) is 47.3 Å². The van der Waals surface area contributed by atoms with Gasteiger partial charge in [-0.2, -0.15) is 0 Å². The van der Waals surface area contributed by atoms with Gasteiger partial charge in [0.1, 0.15) is 5.75 Å². The van der Waals surface area contributed by atoms with E-state index in [1.165, 1.54) is 12.1 Å². The molecule has 0 amide bonds. The summed E-state index contributed by atoms with van der Waals surface area (Å²) in [4.78, 5) is 0.917. The first kappa shape index (κ1) is 13.8. The summed E-state index contributed by atoms with van der Waals surface area (Å²) in [6.07, 6.45) is -4.67. The Kier molecular flexibility index (Phi) is 4.01. The van der Waals surface area contributed by atoms with Crippen LogP contribution in [-0.2, 0) is 0 Å². The lowest BCUT2D eigenvalue weighted by Gasteiger charge is -2.09. The van der Waals surface area contributed by atoms with E-state index in [9.17, 15) is 13.2 Å². The van der Waals surface area contributed by atoms with Crippen molar-refractivity contribution in [3.05, 3.63) is 48.5 Å². The normalized spacial score (nSPS) is 11.4. The van der Waals surface area contributed by atoms with Crippen LogP contribution in [0.3, 0.4) is 0 Å². The third-order valence-electron chi connectivity index (χ3n) is 2.41. The molecule has 2 rings (SSSR count). The van der Waals surface area contributed by atoms with Gasteiger partial charge in [-0.1, -0.05) is 24.3 Å². The van der Waals surface area contributed by atoms with E-state index in [1.807, 2.05) is 24.3 Å². The molecule has 0 unspecified atom stereocenters. The Labute approximate surface area is 112 Å². The average Bonchev–Trinajstić information content (AvgIpc) is 2.38. The monoisotopic (exact) mass is 285 g/mol. The van der Waals surface area contributed by atoms with Crippen LogP contribution in [0, 0.1) is 0 Å². The number of halogens is 3. The van der Waals surface area contributed by atoms with Crippen LogP contribution in [0.15, 0.2) is 53.4 Å². The van der Waals surface area contributed by atoms with Crippen LogP contribution in [-0.4, -0.2) is 6.36 Å². The molecule has 6 heteroatoms. The van der Waals surface area contributed by atoms with Gasteiger partial charge in [0.15, 0.2) is 0 Å². The van der Waals surface area contributed by atoms with Gasteiger partial charge in [0.2, 0.25) is 0 Å². The highest BCUT2D eigenvalue weighted by Gasteiger charge is 2.30. The Bertz CT molecular complexity index is 537. The molecule has 0 aliphatic rings. The van der Waals surface area contributed by atoms with Gasteiger partial charge in [0, 0.05) is 4.90 Å². The summed E-state index contributed by atoms with van der Waals surface area (Å²) >= 11 is 1.14. The van der Waals surface area contributed by atoms with Crippen molar-refractivity contribution < 1.29 is 17.9 Å². The van der Waals surface area contributed by atoms with Crippen molar-refractivity contribution in [1.29, 1.82) is 0 Å². The molecule has 0 atom stereocenters. The van der Waals surface area contributed by atoms with Crippen LogP contribution in [0.25, 0.3) is 11.1 Å². The van der Waals surface area contributed by atoms with Crippen LogP contribution in [0.4, 0.5) is 13.2 Å². The fourth-order valence-corrected chi connectivity index (χ4v) is 1.87. The maximum atomic E-state index is 12.0. The van der Waals surface area contributed by atoms with Gasteiger partial charge >= 0.3 is 6.36 Å². The molecule has 0 aliphatic heterocycles. The lowest BCUT2D eigenvalue weighted by Crippen LogP contribution is -2.16. The molecule has 2 nitrogen and oxygen atoms in total. The molecule has 0 aromatic heterocycles. The number of nitrogens with two attached hydrogens (primary N) is 1. The van der Waals surface area contributed by atoms with Crippen LogP contribution in [0.5, 0.6) is 5.75 Å². The van der Waals surface area contributed by atoms with Gasteiger partial charge in [0.05, 0.1) is 0 Å². The standard InChI is InChI=1S/C13H10F3NOS/c14-13(15,16)18-11-5-1-9(2-6-11)10-3-7-12(19-17)8-4-10/h1-8H,17H2. The minimum Gasteiger partial charge on any atom is -0.406 e. The van der Waals surface area contributed by atoms with Gasteiger partial charge < -0.3 is 4.74 Å². The van der Waals surface area contributed by atoms with Crippen molar-refractivity contribution in [3.8, 4) is 16.9 Å². The van der Waals surface area contributed by atoms with E-state index in [1.54, 1.807) is 12.1 Å². The molecule has 2 N–H and O–H groups in total. The number of alkyl halides is 3. The van der Waals surface area contributed by atoms with Crippen LogP contribution >= 0.6 is 11.9 Å². The minimum absolute atomic E-state index is 0.231. The first-order valence-electron chi connectivity index (χ1n) is 5.31. The summed E-state index contributed by atoms with van der Waals surface area (Å²) in [6.45, 7) is 0. The van der Waals surface area contributed by atoms with E-state index >= 15 is 0 Å². The SMILES string of the molecule is NSc1ccc(-c2ccc(OC(F)(F)F)cc2)cc1. The van der Waals surface area contributed by atoms with E-state index in [2.05, 4.69) is 4.74 Å². The molecule has 0 heterocycles. The fourth-order valence-electron chi connectivity index (χ4n) is 1.58. The average molecular weight is 285 g/mol. The Hall–Kier alpha value is -1.66. The van der Waals surface area contributed by atoms with E-state index in [-0.39, 0.29) is 5.75 Å². The summed E-state index contributed by atoms with van der Waals surface area (Å²) in [5, 5.41) is 5.41. The van der Waals surface area contributed by atoms with E-state index in [0.29, 0.717) is 0 Å². The topological polar surface area (TPSA) is 35.2 Å². The summed E-state index contributed by atoms with van der Waals surface area (Å²) in [5.41, 5.74) is 1.71. The highest BCUT2D eigenvalue weighted by Crippen LogP contribution is 2.27. The zero-order valence-corrected chi connectivity index (χ0v) is 10.5. The van der Waals surface area contributed by atoms with Gasteiger partial charge in [-0.3, -0.25) is 5.14 Å². The molecule has 2 aromatic carbocycles. The largest absolute Gasteiger partial charge is 0.573 e. The Morgan fingerprint density at radius 2 is 1.32 bits per heavy atom. The van der Waals surface area contributed by atoms with E-state index in [4.69, 9.17) is 5.14 Å². The predicted molar refractivity (Wildman–Crippen MR) is 68.6 cm³/mol. The van der Waals surface area contributed by atoms with Gasteiger partial charge in [-0.25, -0.2) is 0 Å². The molecule has 0 aliphatic carbocycles. The van der Waals surface area contributed by atoms with Crippen molar-refractivity contribution in [2.24, 2.45) is 5.14 Å². The summed E-state index contributed by atoms with van der Waals surface area (Å²) < 4.78 is 39.8. The molecule has 19 heavy (non-hydrogen) atoms. The number of benzene rings is 2. The quantitative estimate of drug-likeness (QED) is 0.858. The minimum atomic E-state index is -4.67. The predicted octanol–water partition coefficient (Wildman–Crippen LogP) is 4.22. The van der Waals surface area contributed by atoms with E-state index < -0.39 is 6.36 Å². The first-order valence-corrected chi connectivity index (χ1v) is 6.19. The number of hydrogen-bond acceptors (Lipinski definition) is 3. The second-order valence-electron chi connectivity index (χ2n) is 3.71. The molecule has 0 spiro atoms. The summed E-state index contributed by atoms with van der Waals surface area (Å²) in [5.74, 6) is -0.231. The first-order chi connectivity index (χ1) is 8.98. The molecular formula is C13H10F3NOS. The molecule has 0 bridgehead atoms. The van der Waals surface area contributed by atoms with Crippen molar-refractivity contribution in [3.63, 3.8) is 0 Å². The third kappa shape index (κ3) is 3.90. The lowest BCUT2D eigenvalue weighted by molar-refractivity contribution is -0.274. The van der Waals surface area contributed by atoms with Crippen LogP contribution < -0.4 is 9.88 Å². The molecule has 2 aromatic rings. The van der Waals surface area contributed by atoms with Gasteiger partial charge in [-0.15, -0.1) is 13.2 Å². The Balaban J connectivity index is 2.17. The molecular weight excluding hydrogens is 275 g/mol. The third-order valence-corrected chi connectivity index (χ3v) is 2.96. The van der Waals surface area contributed by atoms with E-state index in [0.717, 1.165) is 28.0 Å². The summed E-state index contributed by atoms with van der Waals surface area (Å²) in [7, 11) is 0. The van der Waals surface area contributed by atoms with Crippen molar-refractivity contribution >= 4 is 11.9 Å². The van der Waals surface area contributed by atoms with Crippen molar-refractivity contribution in [2.45, 2.75) is 11.3 Å². The highest BCUT2D eigenvalue weighted by atomic mass is 32.2. The second kappa shape index (κ2) is 5.54. The Morgan fingerprint density at radius 1 is 0.842 bits per heavy atom. The van der Waals surface area contributed by atoms with Crippen molar-refractivity contribution in [2.75, 3.05) is 0 Å². The zero-order chi connectivity index (χ0) is 13.9. The molecule has 0 saturated heterocycles. The number of rotatable bonds is 3. The number of hydrogen-bond donors (Lipinski definition) is 1. The van der Waals surface area contributed by atoms with Crippen molar-refractivity contribution in [1.82, 2.24) is 0 Å². The van der Waals surface area contributed by atoms with Crippen LogP contribution in [0.2, 0.25) is 0 Å². The molecule has 100 valence electrons. The number of ether oxygens (including phenoxy) is 1.